The maximum atomic E-state index is 11.0. The number of urea groups is 1. The second kappa shape index (κ2) is 3.45. The standard InChI is InChI=1S/C8H13N3O3/c12-6(13)2-1-4-7-5(3-9-4)10-8(14)11-7/h4-5,7,9H,1-3H2,(H,12,13)(H2,10,11,14)/t4-,5-,7+/m1/s1. The van der Waals surface area contributed by atoms with Crippen molar-refractivity contribution in [1.82, 2.24) is 16.0 Å². The van der Waals surface area contributed by atoms with Gasteiger partial charge in [0.1, 0.15) is 0 Å². The Morgan fingerprint density at radius 3 is 3.00 bits per heavy atom. The maximum Gasteiger partial charge on any atom is 0.315 e. The first-order valence-corrected chi connectivity index (χ1v) is 4.69. The number of carboxylic acids is 1. The van der Waals surface area contributed by atoms with Crippen molar-refractivity contribution in [3.63, 3.8) is 0 Å². The first-order chi connectivity index (χ1) is 6.66. The van der Waals surface area contributed by atoms with Gasteiger partial charge in [-0.1, -0.05) is 0 Å². The van der Waals surface area contributed by atoms with E-state index in [1.165, 1.54) is 0 Å². The molecule has 2 aliphatic heterocycles. The Hall–Kier alpha value is -1.30. The number of fused-ring (bicyclic) bond motifs is 1. The van der Waals surface area contributed by atoms with Crippen molar-refractivity contribution in [2.45, 2.75) is 31.0 Å². The molecule has 0 bridgehead atoms. The lowest BCUT2D eigenvalue weighted by atomic mass is 10.0. The fourth-order valence-electron chi connectivity index (χ4n) is 2.08. The molecule has 0 aromatic heterocycles. The number of hydrogen-bond donors (Lipinski definition) is 4. The molecule has 2 fully saturated rings. The second-order valence-corrected chi connectivity index (χ2v) is 3.70. The van der Waals surface area contributed by atoms with Crippen LogP contribution in [0.3, 0.4) is 0 Å². The molecule has 14 heavy (non-hydrogen) atoms. The minimum Gasteiger partial charge on any atom is -0.481 e. The molecular formula is C8H13N3O3. The van der Waals surface area contributed by atoms with E-state index in [1.807, 2.05) is 0 Å². The SMILES string of the molecule is O=C(O)CC[C@H]1NC[C@H]2NC(=O)N[C@@H]12. The number of aliphatic carboxylic acids is 1. The summed E-state index contributed by atoms with van der Waals surface area (Å²) in [5, 5.41) is 17.3. The summed E-state index contributed by atoms with van der Waals surface area (Å²) in [6.07, 6.45) is 0.690. The fourth-order valence-corrected chi connectivity index (χ4v) is 2.08. The molecule has 0 aliphatic carbocycles. The van der Waals surface area contributed by atoms with Crippen LogP contribution in [0.4, 0.5) is 4.79 Å². The Balaban J connectivity index is 1.89. The van der Waals surface area contributed by atoms with E-state index >= 15 is 0 Å². The molecule has 3 atom stereocenters. The molecule has 0 aromatic carbocycles. The van der Waals surface area contributed by atoms with Gasteiger partial charge >= 0.3 is 12.0 Å². The van der Waals surface area contributed by atoms with E-state index in [-0.39, 0.29) is 30.6 Å². The van der Waals surface area contributed by atoms with Gasteiger partial charge in [0.2, 0.25) is 0 Å². The van der Waals surface area contributed by atoms with Gasteiger partial charge in [-0.05, 0) is 6.42 Å². The molecule has 0 unspecified atom stereocenters. The molecule has 4 N–H and O–H groups in total. The molecule has 78 valence electrons. The van der Waals surface area contributed by atoms with Crippen LogP contribution in [-0.2, 0) is 4.79 Å². The van der Waals surface area contributed by atoms with E-state index in [0.717, 1.165) is 0 Å². The van der Waals surface area contributed by atoms with Crippen LogP contribution in [0.2, 0.25) is 0 Å². The molecule has 2 amide bonds. The van der Waals surface area contributed by atoms with Gasteiger partial charge < -0.3 is 21.1 Å². The lowest BCUT2D eigenvalue weighted by molar-refractivity contribution is -0.137. The van der Waals surface area contributed by atoms with Gasteiger partial charge in [-0.25, -0.2) is 4.79 Å². The normalized spacial score (nSPS) is 34.9. The van der Waals surface area contributed by atoms with Gasteiger partial charge in [0.25, 0.3) is 0 Å². The zero-order chi connectivity index (χ0) is 10.1. The van der Waals surface area contributed by atoms with E-state index in [4.69, 9.17) is 5.11 Å². The van der Waals surface area contributed by atoms with Crippen molar-refractivity contribution in [3.05, 3.63) is 0 Å². The highest BCUT2D eigenvalue weighted by Gasteiger charge is 2.41. The number of carbonyl (C=O) groups excluding carboxylic acids is 1. The van der Waals surface area contributed by atoms with Crippen LogP contribution >= 0.6 is 0 Å². The molecule has 6 heteroatoms. The van der Waals surface area contributed by atoms with E-state index in [2.05, 4.69) is 16.0 Å². The third kappa shape index (κ3) is 1.65. The fraction of sp³-hybridized carbons (Fsp3) is 0.750. The van der Waals surface area contributed by atoms with E-state index in [1.54, 1.807) is 0 Å². The molecule has 2 rings (SSSR count). The second-order valence-electron chi connectivity index (χ2n) is 3.70. The third-order valence-corrected chi connectivity index (χ3v) is 2.75. The Labute approximate surface area is 81.0 Å². The number of amides is 2. The quantitative estimate of drug-likeness (QED) is 0.463. The van der Waals surface area contributed by atoms with Crippen LogP contribution in [-0.4, -0.2) is 41.8 Å². The van der Waals surface area contributed by atoms with Crippen molar-refractivity contribution in [2.24, 2.45) is 0 Å². The highest BCUT2D eigenvalue weighted by Crippen LogP contribution is 2.16. The third-order valence-electron chi connectivity index (χ3n) is 2.75. The molecular weight excluding hydrogens is 186 g/mol. The van der Waals surface area contributed by atoms with Crippen LogP contribution in [0.5, 0.6) is 0 Å². The maximum absolute atomic E-state index is 11.0. The van der Waals surface area contributed by atoms with Crippen molar-refractivity contribution in [1.29, 1.82) is 0 Å². The van der Waals surface area contributed by atoms with Crippen LogP contribution in [0.15, 0.2) is 0 Å². The smallest absolute Gasteiger partial charge is 0.315 e. The van der Waals surface area contributed by atoms with Crippen LogP contribution in [0.25, 0.3) is 0 Å². The summed E-state index contributed by atoms with van der Waals surface area (Å²) >= 11 is 0. The van der Waals surface area contributed by atoms with E-state index in [9.17, 15) is 9.59 Å². The lowest BCUT2D eigenvalue weighted by Gasteiger charge is -2.16. The molecule has 0 radical (unpaired) electrons. The zero-order valence-electron chi connectivity index (χ0n) is 7.62. The van der Waals surface area contributed by atoms with Gasteiger partial charge in [0.05, 0.1) is 12.1 Å². The predicted molar refractivity (Wildman–Crippen MR) is 47.9 cm³/mol. The predicted octanol–water partition coefficient (Wildman–Crippen LogP) is -1.13. The van der Waals surface area contributed by atoms with Gasteiger partial charge in [-0.15, -0.1) is 0 Å². The van der Waals surface area contributed by atoms with Crippen LogP contribution < -0.4 is 16.0 Å². The Bertz CT molecular complexity index is 269. The van der Waals surface area contributed by atoms with Crippen LogP contribution in [0.1, 0.15) is 12.8 Å². The molecule has 2 aliphatic rings. The zero-order valence-corrected chi connectivity index (χ0v) is 7.62. The van der Waals surface area contributed by atoms with Crippen molar-refractivity contribution in [2.75, 3.05) is 6.54 Å². The Morgan fingerprint density at radius 1 is 1.50 bits per heavy atom. The summed E-state index contributed by atoms with van der Waals surface area (Å²) in [5.41, 5.74) is 0. The van der Waals surface area contributed by atoms with Gasteiger partial charge in [-0.2, -0.15) is 0 Å². The minimum absolute atomic E-state index is 0.0434. The lowest BCUT2D eigenvalue weighted by Crippen LogP contribution is -2.41. The Morgan fingerprint density at radius 2 is 2.29 bits per heavy atom. The molecule has 6 nitrogen and oxygen atoms in total. The molecule has 2 saturated heterocycles. The molecule has 0 saturated carbocycles. The Kier molecular flexibility index (Phi) is 2.28. The molecule has 2 heterocycles. The highest BCUT2D eigenvalue weighted by atomic mass is 16.4. The number of rotatable bonds is 3. The summed E-state index contributed by atoms with van der Waals surface area (Å²) in [6.45, 7) is 0.716. The van der Waals surface area contributed by atoms with E-state index < -0.39 is 5.97 Å². The van der Waals surface area contributed by atoms with E-state index in [0.29, 0.717) is 13.0 Å². The number of carbonyl (C=O) groups is 2. The monoisotopic (exact) mass is 199 g/mol. The summed E-state index contributed by atoms with van der Waals surface area (Å²) in [4.78, 5) is 21.4. The average molecular weight is 199 g/mol. The molecule has 0 spiro atoms. The molecule has 0 aromatic rings. The topological polar surface area (TPSA) is 90.5 Å². The highest BCUT2D eigenvalue weighted by molar-refractivity contribution is 5.78. The summed E-state index contributed by atoms with van der Waals surface area (Å²) in [7, 11) is 0. The largest absolute Gasteiger partial charge is 0.481 e. The van der Waals surface area contributed by atoms with Gasteiger partial charge in [0, 0.05) is 19.0 Å². The summed E-state index contributed by atoms with van der Waals surface area (Å²) < 4.78 is 0. The number of nitrogens with one attached hydrogen (secondary N) is 3. The summed E-state index contributed by atoms with van der Waals surface area (Å²) in [6, 6.07) is 0.0834. The van der Waals surface area contributed by atoms with Crippen LogP contribution in [0, 0.1) is 0 Å². The average Bonchev–Trinajstić information content (AvgIpc) is 2.60. The first-order valence-electron chi connectivity index (χ1n) is 4.69. The summed E-state index contributed by atoms with van der Waals surface area (Å²) in [5.74, 6) is -0.799. The van der Waals surface area contributed by atoms with Gasteiger partial charge in [0.15, 0.2) is 0 Å². The van der Waals surface area contributed by atoms with Crippen molar-refractivity contribution < 1.29 is 14.7 Å². The number of carboxylic acid groups (broad SMARTS) is 1. The van der Waals surface area contributed by atoms with Crippen molar-refractivity contribution >= 4 is 12.0 Å². The minimum atomic E-state index is -0.799. The first kappa shape index (κ1) is 9.26. The van der Waals surface area contributed by atoms with Gasteiger partial charge in [-0.3, -0.25) is 4.79 Å². The van der Waals surface area contributed by atoms with Crippen molar-refractivity contribution in [3.8, 4) is 0 Å². The number of hydrogen-bond acceptors (Lipinski definition) is 3.